The van der Waals surface area contributed by atoms with Gasteiger partial charge in [0.1, 0.15) is 11.4 Å². The summed E-state index contributed by atoms with van der Waals surface area (Å²) in [6, 6.07) is 20.8. The minimum Gasteiger partial charge on any atom is -0.480 e. The van der Waals surface area contributed by atoms with Gasteiger partial charge in [0.05, 0.1) is 11.4 Å². The van der Waals surface area contributed by atoms with Gasteiger partial charge in [0.2, 0.25) is 10.0 Å². The average molecular weight is 523 g/mol. The molecule has 8 nitrogen and oxygen atoms in total. The van der Waals surface area contributed by atoms with E-state index >= 15 is 0 Å². The van der Waals surface area contributed by atoms with Gasteiger partial charge in [-0.15, -0.1) is 0 Å². The number of anilines is 1. The van der Waals surface area contributed by atoms with E-state index in [-0.39, 0.29) is 11.3 Å². The van der Waals surface area contributed by atoms with Crippen molar-refractivity contribution in [3.05, 3.63) is 102 Å². The zero-order chi connectivity index (χ0) is 25.3. The third-order valence-corrected chi connectivity index (χ3v) is 8.08. The second-order valence-electron chi connectivity index (χ2n) is 8.68. The summed E-state index contributed by atoms with van der Waals surface area (Å²) >= 11 is 5.94. The van der Waals surface area contributed by atoms with Crippen LogP contribution in [0.2, 0.25) is 5.02 Å². The highest BCUT2D eigenvalue weighted by Crippen LogP contribution is 2.52. The lowest BCUT2D eigenvalue weighted by Crippen LogP contribution is -2.44. The molecule has 0 aliphatic heterocycles. The van der Waals surface area contributed by atoms with Crippen molar-refractivity contribution in [1.82, 2.24) is 14.7 Å². The minimum absolute atomic E-state index is 0.000328. The Balaban J connectivity index is 1.33. The molecule has 36 heavy (non-hydrogen) atoms. The van der Waals surface area contributed by atoms with Crippen molar-refractivity contribution in [2.45, 2.75) is 29.3 Å². The number of carboxylic acid groups (broad SMARTS) is 1. The van der Waals surface area contributed by atoms with Crippen LogP contribution in [0.3, 0.4) is 0 Å². The van der Waals surface area contributed by atoms with Crippen LogP contribution < -0.4 is 10.0 Å². The van der Waals surface area contributed by atoms with Crippen LogP contribution in [0.5, 0.6) is 0 Å². The van der Waals surface area contributed by atoms with Crippen molar-refractivity contribution in [2.24, 2.45) is 0 Å². The third-order valence-electron chi connectivity index (χ3n) is 6.30. The average Bonchev–Trinajstić information content (AvgIpc) is 3.35. The normalized spacial score (nSPS) is 19.1. The van der Waals surface area contributed by atoms with Crippen molar-refractivity contribution >= 4 is 33.3 Å². The summed E-state index contributed by atoms with van der Waals surface area (Å²) < 4.78 is 28.8. The number of benzene rings is 3. The molecule has 1 aliphatic rings. The number of halogens is 1. The Morgan fingerprint density at radius 2 is 1.78 bits per heavy atom. The van der Waals surface area contributed by atoms with E-state index in [1.54, 1.807) is 36.7 Å². The number of imidazole rings is 1. The predicted molar refractivity (Wildman–Crippen MR) is 137 cm³/mol. The van der Waals surface area contributed by atoms with Crippen molar-refractivity contribution in [3.63, 3.8) is 0 Å². The molecule has 184 valence electrons. The Labute approximate surface area is 213 Å². The van der Waals surface area contributed by atoms with Crippen molar-refractivity contribution < 1.29 is 18.3 Å². The maximum Gasteiger partial charge on any atom is 0.325 e. The van der Waals surface area contributed by atoms with Crippen molar-refractivity contribution in [3.8, 4) is 11.1 Å². The van der Waals surface area contributed by atoms with E-state index in [9.17, 15) is 18.3 Å². The summed E-state index contributed by atoms with van der Waals surface area (Å²) in [6.45, 7) is 0.476. The number of carboxylic acids is 1. The van der Waals surface area contributed by atoms with Crippen LogP contribution in [-0.4, -0.2) is 35.0 Å². The van der Waals surface area contributed by atoms with E-state index in [4.69, 9.17) is 11.6 Å². The smallest absolute Gasteiger partial charge is 0.325 e. The highest BCUT2D eigenvalue weighted by atomic mass is 35.5. The number of rotatable bonds is 9. The second kappa shape index (κ2) is 9.42. The summed E-state index contributed by atoms with van der Waals surface area (Å²) in [5.41, 5.74) is 1.63. The molecule has 10 heteroatoms. The Morgan fingerprint density at radius 3 is 2.42 bits per heavy atom. The topological polar surface area (TPSA) is 124 Å². The SMILES string of the molecule is O=C(O)C1(NS(=O)(=O)c2ccc(-c3ccc(Cl)cc3)cc2)C[C@H]1c1cccc(NCc2ncc[nH]2)c1. The van der Waals surface area contributed by atoms with Crippen molar-refractivity contribution in [1.29, 1.82) is 0 Å². The fraction of sp³-hybridized carbons (Fsp3) is 0.154. The van der Waals surface area contributed by atoms with Crippen LogP contribution in [0.25, 0.3) is 11.1 Å². The van der Waals surface area contributed by atoms with Crippen LogP contribution in [0.15, 0.2) is 90.1 Å². The molecular formula is C26H23ClN4O4S. The van der Waals surface area contributed by atoms with Gasteiger partial charge in [0.25, 0.3) is 0 Å². The first-order chi connectivity index (χ1) is 17.3. The molecule has 1 fully saturated rings. The lowest BCUT2D eigenvalue weighted by molar-refractivity contribution is -0.140. The summed E-state index contributed by atoms with van der Waals surface area (Å²) in [5, 5.41) is 13.8. The number of aromatic amines is 1. The molecule has 0 saturated heterocycles. The van der Waals surface area contributed by atoms with Gasteiger partial charge in [-0.1, -0.05) is 48.0 Å². The van der Waals surface area contributed by atoms with Gasteiger partial charge in [-0.05, 0) is 59.5 Å². The third kappa shape index (κ3) is 4.86. The minimum atomic E-state index is -4.08. The molecule has 0 radical (unpaired) electrons. The number of nitrogens with zero attached hydrogens (tertiary/aromatic N) is 1. The molecule has 1 saturated carbocycles. The number of hydrogen-bond donors (Lipinski definition) is 4. The molecule has 0 amide bonds. The number of nitrogens with one attached hydrogen (secondary N) is 3. The fourth-order valence-corrected chi connectivity index (χ4v) is 5.80. The number of aliphatic carboxylic acids is 1. The van der Waals surface area contributed by atoms with Crippen LogP contribution in [-0.2, 0) is 21.4 Å². The highest BCUT2D eigenvalue weighted by Gasteiger charge is 2.63. The molecule has 0 spiro atoms. The van der Waals surface area contributed by atoms with E-state index in [2.05, 4.69) is 20.0 Å². The molecule has 2 atom stereocenters. The number of H-pyrrole nitrogens is 1. The number of aromatic nitrogens is 2. The van der Waals surface area contributed by atoms with Crippen LogP contribution >= 0.6 is 11.6 Å². The molecule has 1 aromatic heterocycles. The van der Waals surface area contributed by atoms with Crippen LogP contribution in [0, 0.1) is 0 Å². The Kier molecular flexibility index (Phi) is 6.29. The largest absolute Gasteiger partial charge is 0.480 e. The Hall–Kier alpha value is -3.66. The van der Waals surface area contributed by atoms with E-state index in [0.717, 1.165) is 28.2 Å². The molecule has 4 aromatic rings. The first-order valence-electron chi connectivity index (χ1n) is 11.2. The maximum atomic E-state index is 13.1. The molecular weight excluding hydrogens is 500 g/mol. The van der Waals surface area contributed by atoms with E-state index < -0.39 is 27.4 Å². The first-order valence-corrected chi connectivity index (χ1v) is 13.1. The van der Waals surface area contributed by atoms with Gasteiger partial charge in [-0.2, -0.15) is 4.72 Å². The number of hydrogen-bond acceptors (Lipinski definition) is 5. The van der Waals surface area contributed by atoms with E-state index in [0.29, 0.717) is 11.6 Å². The molecule has 5 rings (SSSR count). The zero-order valence-corrected chi connectivity index (χ0v) is 20.6. The maximum absolute atomic E-state index is 13.1. The highest BCUT2D eigenvalue weighted by molar-refractivity contribution is 7.89. The van der Waals surface area contributed by atoms with E-state index in [1.165, 1.54) is 12.1 Å². The molecule has 4 N–H and O–H groups in total. The monoisotopic (exact) mass is 522 g/mol. The molecule has 1 heterocycles. The summed E-state index contributed by atoms with van der Waals surface area (Å²) in [5.74, 6) is -0.937. The van der Waals surface area contributed by atoms with E-state index in [1.807, 2.05) is 36.4 Å². The molecule has 3 aromatic carbocycles. The summed E-state index contributed by atoms with van der Waals surface area (Å²) in [4.78, 5) is 19.4. The number of carbonyl (C=O) groups is 1. The summed E-state index contributed by atoms with van der Waals surface area (Å²) in [7, 11) is -4.08. The first kappa shape index (κ1) is 24.1. The molecule has 1 aliphatic carbocycles. The van der Waals surface area contributed by atoms with Gasteiger partial charge in [0, 0.05) is 29.0 Å². The van der Waals surface area contributed by atoms with Crippen LogP contribution in [0.4, 0.5) is 5.69 Å². The van der Waals surface area contributed by atoms with Crippen LogP contribution in [0.1, 0.15) is 23.7 Å². The second-order valence-corrected chi connectivity index (χ2v) is 10.8. The van der Waals surface area contributed by atoms with Gasteiger partial charge in [-0.3, -0.25) is 4.79 Å². The van der Waals surface area contributed by atoms with Gasteiger partial charge >= 0.3 is 5.97 Å². The lowest BCUT2D eigenvalue weighted by Gasteiger charge is -2.16. The van der Waals surface area contributed by atoms with Gasteiger partial charge in [-0.25, -0.2) is 13.4 Å². The predicted octanol–water partition coefficient (Wildman–Crippen LogP) is 4.63. The lowest BCUT2D eigenvalue weighted by atomic mass is 10.1. The fourth-order valence-electron chi connectivity index (χ4n) is 4.27. The molecule has 1 unspecified atom stereocenters. The standard InChI is InChI=1S/C26H23ClN4O4S/c27-20-8-4-17(5-9-20)18-6-10-22(11-7-18)36(34,35)31-26(25(32)33)15-23(26)19-2-1-3-21(14-19)30-16-24-28-12-13-29-24/h1-14,23,30-31H,15-16H2,(H,28,29)(H,32,33)/t23-,26?/m0/s1. The zero-order valence-electron chi connectivity index (χ0n) is 19.0. The quantitative estimate of drug-likeness (QED) is 0.254. The summed E-state index contributed by atoms with van der Waals surface area (Å²) in [6.07, 6.45) is 3.55. The number of sulfonamides is 1. The van der Waals surface area contributed by atoms with Crippen molar-refractivity contribution in [2.75, 3.05) is 5.32 Å². The molecule has 0 bridgehead atoms. The van der Waals surface area contributed by atoms with Gasteiger partial charge < -0.3 is 15.4 Å². The van der Waals surface area contributed by atoms with Gasteiger partial charge in [0.15, 0.2) is 0 Å². The Bertz CT molecular complexity index is 1490. The Morgan fingerprint density at radius 1 is 1.08 bits per heavy atom.